The van der Waals surface area contributed by atoms with Crippen LogP contribution in [-0.4, -0.2) is 32.1 Å². The molecule has 0 radical (unpaired) electrons. The van der Waals surface area contributed by atoms with Gasteiger partial charge in [0.25, 0.3) is 0 Å². The zero-order valence-electron chi connectivity index (χ0n) is 12.7. The van der Waals surface area contributed by atoms with Crippen LogP contribution in [0.15, 0.2) is 18.2 Å². The second kappa shape index (κ2) is 7.45. The third kappa shape index (κ3) is 4.12. The molecule has 128 valence electrons. The normalized spacial score (nSPS) is 21.4. The largest absolute Gasteiger partial charge is 0.489 e. The predicted molar refractivity (Wildman–Crippen MR) is 84.8 cm³/mol. The number of amides is 1. The molecule has 1 spiro atoms. The van der Waals surface area contributed by atoms with Crippen LogP contribution in [0.1, 0.15) is 19.3 Å². The summed E-state index contributed by atoms with van der Waals surface area (Å²) >= 11 is 0. The van der Waals surface area contributed by atoms with Crippen LogP contribution in [0.2, 0.25) is 0 Å². The maximum Gasteiger partial charge on any atom is 0.223 e. The van der Waals surface area contributed by atoms with E-state index in [1.54, 1.807) is 0 Å². The summed E-state index contributed by atoms with van der Waals surface area (Å²) in [5, 5.41) is 6.14. The van der Waals surface area contributed by atoms with Crippen molar-refractivity contribution in [3.8, 4) is 5.75 Å². The summed E-state index contributed by atoms with van der Waals surface area (Å²) in [6.07, 6.45) is 3.08. The fourth-order valence-corrected chi connectivity index (χ4v) is 3.25. The van der Waals surface area contributed by atoms with E-state index >= 15 is 0 Å². The van der Waals surface area contributed by atoms with Gasteiger partial charge in [-0.15, -0.1) is 12.4 Å². The highest BCUT2D eigenvalue weighted by Crippen LogP contribution is 2.58. The molecule has 1 aromatic rings. The third-order valence-corrected chi connectivity index (χ3v) is 4.66. The van der Waals surface area contributed by atoms with Gasteiger partial charge in [-0.3, -0.25) is 4.79 Å². The number of piperidine rings is 1. The van der Waals surface area contributed by atoms with Gasteiger partial charge in [-0.1, -0.05) is 0 Å². The van der Waals surface area contributed by atoms with Gasteiger partial charge in [0.1, 0.15) is 12.4 Å². The smallest absolute Gasteiger partial charge is 0.223 e. The minimum atomic E-state index is -0.734. The summed E-state index contributed by atoms with van der Waals surface area (Å²) in [5.41, 5.74) is 0.208. The molecular formula is C16H21ClF2N2O2. The number of rotatable bonds is 5. The van der Waals surface area contributed by atoms with E-state index in [-0.39, 0.29) is 42.0 Å². The molecule has 7 heteroatoms. The Balaban J connectivity index is 0.00000192. The van der Waals surface area contributed by atoms with Gasteiger partial charge in [0.2, 0.25) is 5.91 Å². The lowest BCUT2D eigenvalue weighted by Gasteiger charge is -2.23. The van der Waals surface area contributed by atoms with Crippen molar-refractivity contribution in [2.24, 2.45) is 11.3 Å². The molecule has 1 saturated carbocycles. The SMILES string of the molecule is Cl.O=C(NCCOc1ccc(F)cc1F)C1CC12CCNCC2. The first-order valence-corrected chi connectivity index (χ1v) is 7.67. The van der Waals surface area contributed by atoms with Gasteiger partial charge in [-0.05, 0) is 49.9 Å². The standard InChI is InChI=1S/C16H20F2N2O2.ClH/c17-11-1-2-14(13(18)9-11)22-8-7-20-15(21)12-10-16(12)3-5-19-6-4-16;/h1-2,9,12,19H,3-8,10H2,(H,20,21);1H. The minimum Gasteiger partial charge on any atom is -0.489 e. The number of halogens is 3. The van der Waals surface area contributed by atoms with Gasteiger partial charge in [0, 0.05) is 12.0 Å². The van der Waals surface area contributed by atoms with Crippen molar-refractivity contribution in [2.45, 2.75) is 19.3 Å². The van der Waals surface area contributed by atoms with Gasteiger partial charge < -0.3 is 15.4 Å². The Labute approximate surface area is 140 Å². The highest BCUT2D eigenvalue weighted by molar-refractivity contribution is 5.85. The lowest BCUT2D eigenvalue weighted by Crippen LogP contribution is -2.35. The Hall–Kier alpha value is -1.40. The molecule has 1 atom stereocenters. The van der Waals surface area contributed by atoms with Gasteiger partial charge in [0.05, 0.1) is 6.54 Å². The Morgan fingerprint density at radius 2 is 2.09 bits per heavy atom. The van der Waals surface area contributed by atoms with Crippen LogP contribution in [0.25, 0.3) is 0 Å². The van der Waals surface area contributed by atoms with E-state index < -0.39 is 11.6 Å². The summed E-state index contributed by atoms with van der Waals surface area (Å²) in [5.74, 6) is -1.21. The molecule has 1 aliphatic carbocycles. The summed E-state index contributed by atoms with van der Waals surface area (Å²) in [7, 11) is 0. The molecule has 1 amide bonds. The summed E-state index contributed by atoms with van der Waals surface area (Å²) in [6, 6.07) is 3.17. The second-order valence-corrected chi connectivity index (χ2v) is 6.08. The average molecular weight is 347 g/mol. The number of hydrogen-bond donors (Lipinski definition) is 2. The van der Waals surface area contributed by atoms with Crippen LogP contribution >= 0.6 is 12.4 Å². The first-order valence-electron chi connectivity index (χ1n) is 7.67. The topological polar surface area (TPSA) is 50.4 Å². The monoisotopic (exact) mass is 346 g/mol. The number of nitrogens with one attached hydrogen (secondary N) is 2. The van der Waals surface area contributed by atoms with E-state index in [0.717, 1.165) is 44.5 Å². The van der Waals surface area contributed by atoms with Gasteiger partial charge in [0.15, 0.2) is 11.6 Å². The predicted octanol–water partition coefficient (Wildman–Crippen LogP) is 2.27. The summed E-state index contributed by atoms with van der Waals surface area (Å²) < 4.78 is 31.3. The molecule has 0 bridgehead atoms. The van der Waals surface area contributed by atoms with Crippen molar-refractivity contribution < 1.29 is 18.3 Å². The molecule has 2 fully saturated rings. The van der Waals surface area contributed by atoms with E-state index in [9.17, 15) is 13.6 Å². The highest BCUT2D eigenvalue weighted by atomic mass is 35.5. The van der Waals surface area contributed by atoms with E-state index in [1.165, 1.54) is 6.07 Å². The van der Waals surface area contributed by atoms with Crippen LogP contribution in [0.5, 0.6) is 5.75 Å². The van der Waals surface area contributed by atoms with Gasteiger partial charge in [-0.25, -0.2) is 8.78 Å². The van der Waals surface area contributed by atoms with Crippen molar-refractivity contribution >= 4 is 18.3 Å². The molecule has 23 heavy (non-hydrogen) atoms. The van der Waals surface area contributed by atoms with Gasteiger partial charge in [-0.2, -0.15) is 0 Å². The maximum atomic E-state index is 13.4. The number of hydrogen-bond acceptors (Lipinski definition) is 3. The molecule has 1 saturated heterocycles. The average Bonchev–Trinajstić information content (AvgIpc) is 3.19. The van der Waals surface area contributed by atoms with E-state index in [1.807, 2.05) is 0 Å². The molecule has 1 heterocycles. The summed E-state index contributed by atoms with van der Waals surface area (Å²) in [4.78, 5) is 12.1. The fourth-order valence-electron chi connectivity index (χ4n) is 3.25. The van der Waals surface area contributed by atoms with E-state index in [0.29, 0.717) is 6.54 Å². The van der Waals surface area contributed by atoms with E-state index in [4.69, 9.17) is 4.74 Å². The van der Waals surface area contributed by atoms with Gasteiger partial charge >= 0.3 is 0 Å². The van der Waals surface area contributed by atoms with Crippen LogP contribution < -0.4 is 15.4 Å². The Kier molecular flexibility index (Phi) is 5.81. The van der Waals surface area contributed by atoms with Crippen molar-refractivity contribution in [3.05, 3.63) is 29.8 Å². The minimum absolute atomic E-state index is 0. The number of carbonyl (C=O) groups is 1. The van der Waals surface area contributed by atoms with Crippen LogP contribution in [0.4, 0.5) is 8.78 Å². The zero-order chi connectivity index (χ0) is 15.6. The zero-order valence-corrected chi connectivity index (χ0v) is 13.6. The lowest BCUT2D eigenvalue weighted by atomic mass is 9.92. The number of benzene rings is 1. The number of carbonyl (C=O) groups excluding carboxylic acids is 1. The Morgan fingerprint density at radius 3 is 2.78 bits per heavy atom. The summed E-state index contributed by atoms with van der Waals surface area (Å²) in [6.45, 7) is 2.45. The first kappa shape index (κ1) is 17.9. The lowest BCUT2D eigenvalue weighted by molar-refractivity contribution is -0.123. The maximum absolute atomic E-state index is 13.4. The molecule has 4 nitrogen and oxygen atoms in total. The fraction of sp³-hybridized carbons (Fsp3) is 0.562. The van der Waals surface area contributed by atoms with Crippen LogP contribution in [0.3, 0.4) is 0 Å². The molecule has 3 rings (SSSR count). The first-order chi connectivity index (χ1) is 10.6. The highest BCUT2D eigenvalue weighted by Gasteiger charge is 2.57. The van der Waals surface area contributed by atoms with Crippen LogP contribution in [-0.2, 0) is 4.79 Å². The number of ether oxygens (including phenoxy) is 1. The molecule has 0 aromatic heterocycles. The van der Waals surface area contributed by atoms with Crippen molar-refractivity contribution in [1.29, 1.82) is 0 Å². The second-order valence-electron chi connectivity index (χ2n) is 6.08. The van der Waals surface area contributed by atoms with Crippen LogP contribution in [0, 0.1) is 23.0 Å². The molecular weight excluding hydrogens is 326 g/mol. The Bertz CT molecular complexity index is 565. The quantitative estimate of drug-likeness (QED) is 0.804. The van der Waals surface area contributed by atoms with Crippen molar-refractivity contribution in [2.75, 3.05) is 26.2 Å². The molecule has 2 N–H and O–H groups in total. The molecule has 1 aromatic carbocycles. The molecule has 2 aliphatic rings. The third-order valence-electron chi connectivity index (χ3n) is 4.66. The Morgan fingerprint density at radius 1 is 1.35 bits per heavy atom. The molecule has 1 aliphatic heterocycles. The van der Waals surface area contributed by atoms with Crippen molar-refractivity contribution in [1.82, 2.24) is 10.6 Å². The van der Waals surface area contributed by atoms with Crippen molar-refractivity contribution in [3.63, 3.8) is 0 Å². The van der Waals surface area contributed by atoms with E-state index in [2.05, 4.69) is 10.6 Å². The molecule has 1 unspecified atom stereocenters.